The predicted molar refractivity (Wildman–Crippen MR) is 125 cm³/mol. The van der Waals surface area contributed by atoms with Gasteiger partial charge in [0.1, 0.15) is 36.8 Å². The van der Waals surface area contributed by atoms with Gasteiger partial charge in [0, 0.05) is 16.5 Å². The normalized spacial score (nSPS) is 26.9. The number of aliphatic hydroxyl groups is 4. The van der Waals surface area contributed by atoms with Crippen molar-refractivity contribution >= 4 is 16.7 Å². The lowest BCUT2D eigenvalue weighted by molar-refractivity contribution is -0.277. The van der Waals surface area contributed by atoms with Gasteiger partial charge in [-0.2, -0.15) is 0 Å². The molecule has 0 aromatic heterocycles. The standard InChI is InChI=1S/C26H22O12/c27-6-18-21(28)22(29)23(30)26(37-18)38-24-12-5-17-16(35-9-36-17)4-11(12)19(20-13(24)7-32-25(20)31)10-1-2-14-15(3-10)34-8-33-14/h1-5,18,21-23,26-30H,6-9H2/t18-,21-,22+,23-,26+/m1/s1. The number of carbonyl (C=O) groups excluding carboxylic acids is 1. The van der Waals surface area contributed by atoms with Gasteiger partial charge in [0.2, 0.25) is 19.9 Å². The van der Waals surface area contributed by atoms with E-state index in [1.54, 1.807) is 30.3 Å². The Morgan fingerprint density at radius 3 is 2.21 bits per heavy atom. The Hall–Kier alpha value is -3.81. The van der Waals surface area contributed by atoms with Gasteiger partial charge >= 0.3 is 5.97 Å². The van der Waals surface area contributed by atoms with Crippen molar-refractivity contribution in [2.24, 2.45) is 0 Å². The molecule has 12 heteroatoms. The molecule has 3 aromatic rings. The van der Waals surface area contributed by atoms with E-state index in [-0.39, 0.29) is 31.5 Å². The van der Waals surface area contributed by atoms with E-state index in [4.69, 9.17) is 33.2 Å². The van der Waals surface area contributed by atoms with Gasteiger partial charge < -0.3 is 53.6 Å². The van der Waals surface area contributed by atoms with Gasteiger partial charge in [0.05, 0.1) is 12.2 Å². The number of benzene rings is 3. The molecule has 4 heterocycles. The molecular weight excluding hydrogens is 504 g/mol. The van der Waals surface area contributed by atoms with E-state index in [9.17, 15) is 25.2 Å². The van der Waals surface area contributed by atoms with Crippen LogP contribution in [-0.2, 0) is 16.1 Å². The molecule has 0 radical (unpaired) electrons. The zero-order chi connectivity index (χ0) is 26.1. The molecule has 12 nitrogen and oxygen atoms in total. The van der Waals surface area contributed by atoms with E-state index in [2.05, 4.69) is 0 Å². The highest BCUT2D eigenvalue weighted by Crippen LogP contribution is 2.50. The monoisotopic (exact) mass is 526 g/mol. The Labute approximate surface area is 214 Å². The third kappa shape index (κ3) is 3.38. The number of ether oxygens (including phenoxy) is 7. The molecule has 198 valence electrons. The van der Waals surface area contributed by atoms with E-state index in [0.717, 1.165) is 0 Å². The van der Waals surface area contributed by atoms with E-state index >= 15 is 0 Å². The summed E-state index contributed by atoms with van der Waals surface area (Å²) in [5, 5.41) is 41.7. The van der Waals surface area contributed by atoms with Crippen LogP contribution in [0.3, 0.4) is 0 Å². The Morgan fingerprint density at radius 2 is 1.47 bits per heavy atom. The molecule has 0 aliphatic carbocycles. The zero-order valence-corrected chi connectivity index (χ0v) is 19.7. The van der Waals surface area contributed by atoms with Crippen molar-refractivity contribution in [2.45, 2.75) is 37.3 Å². The van der Waals surface area contributed by atoms with Crippen molar-refractivity contribution in [1.82, 2.24) is 0 Å². The number of hydrogen-bond donors (Lipinski definition) is 4. The summed E-state index contributed by atoms with van der Waals surface area (Å²) in [6, 6.07) is 8.74. The Bertz CT molecular complexity index is 1470. The summed E-state index contributed by atoms with van der Waals surface area (Å²) in [7, 11) is 0. The highest BCUT2D eigenvalue weighted by molar-refractivity contribution is 6.14. The summed E-state index contributed by atoms with van der Waals surface area (Å²) >= 11 is 0. The molecule has 7 rings (SSSR count). The minimum Gasteiger partial charge on any atom is -0.461 e. The van der Waals surface area contributed by atoms with Gasteiger partial charge in [0.25, 0.3) is 0 Å². The fraction of sp³-hybridized carbons (Fsp3) is 0.346. The maximum absolute atomic E-state index is 13.1. The molecule has 0 bridgehead atoms. The lowest BCUT2D eigenvalue weighted by Gasteiger charge is -2.39. The van der Waals surface area contributed by atoms with E-state index in [1.165, 1.54) is 0 Å². The first-order chi connectivity index (χ1) is 18.4. The molecule has 4 N–H and O–H groups in total. The van der Waals surface area contributed by atoms with Crippen molar-refractivity contribution in [3.8, 4) is 39.9 Å². The second-order valence-corrected chi connectivity index (χ2v) is 9.27. The third-order valence-electron chi connectivity index (χ3n) is 7.15. The maximum atomic E-state index is 13.1. The molecule has 4 aliphatic rings. The lowest BCUT2D eigenvalue weighted by Crippen LogP contribution is -2.60. The van der Waals surface area contributed by atoms with Crippen LogP contribution >= 0.6 is 0 Å². The zero-order valence-electron chi connectivity index (χ0n) is 19.7. The molecule has 1 saturated heterocycles. The number of esters is 1. The molecule has 38 heavy (non-hydrogen) atoms. The Kier molecular flexibility index (Phi) is 5.29. The van der Waals surface area contributed by atoms with Crippen molar-refractivity contribution in [3.05, 3.63) is 41.5 Å². The molecule has 5 atom stereocenters. The van der Waals surface area contributed by atoms with Crippen molar-refractivity contribution < 1.29 is 58.4 Å². The highest BCUT2D eigenvalue weighted by atomic mass is 16.7. The fourth-order valence-electron chi connectivity index (χ4n) is 5.24. The topological polar surface area (TPSA) is 163 Å². The van der Waals surface area contributed by atoms with Crippen LogP contribution in [0, 0.1) is 0 Å². The van der Waals surface area contributed by atoms with E-state index in [1.807, 2.05) is 0 Å². The number of fused-ring (bicyclic) bond motifs is 4. The first-order valence-electron chi connectivity index (χ1n) is 11.9. The summed E-state index contributed by atoms with van der Waals surface area (Å²) < 4.78 is 39.3. The second-order valence-electron chi connectivity index (χ2n) is 9.27. The summed E-state index contributed by atoms with van der Waals surface area (Å²) in [5.41, 5.74) is 1.85. The van der Waals surface area contributed by atoms with Crippen LogP contribution < -0.4 is 23.7 Å². The summed E-state index contributed by atoms with van der Waals surface area (Å²) in [5.74, 6) is 1.59. The van der Waals surface area contributed by atoms with Crippen LogP contribution in [0.15, 0.2) is 30.3 Å². The average molecular weight is 526 g/mol. The smallest absolute Gasteiger partial charge is 0.339 e. The first-order valence-corrected chi connectivity index (χ1v) is 11.9. The minimum absolute atomic E-state index is 0.00959. The van der Waals surface area contributed by atoms with Gasteiger partial charge in [-0.05, 0) is 35.2 Å². The van der Waals surface area contributed by atoms with Crippen molar-refractivity contribution in [1.29, 1.82) is 0 Å². The SMILES string of the molecule is O=C1OCc2c1c(-c1ccc3c(c1)OCO3)c1cc3c(cc1c2O[C@@H]1O[C@H](CO)[C@@H](O)[C@H](O)[C@H]1O)OCO3. The predicted octanol–water partition coefficient (Wildman–Crippen LogP) is 0.813. The number of hydrogen-bond acceptors (Lipinski definition) is 12. The number of rotatable bonds is 4. The maximum Gasteiger partial charge on any atom is 0.339 e. The number of cyclic esters (lactones) is 1. The highest BCUT2D eigenvalue weighted by Gasteiger charge is 2.46. The van der Waals surface area contributed by atoms with Crippen LogP contribution in [0.1, 0.15) is 15.9 Å². The van der Waals surface area contributed by atoms with Crippen LogP contribution in [0.5, 0.6) is 28.7 Å². The quantitative estimate of drug-likeness (QED) is 0.355. The summed E-state index contributed by atoms with van der Waals surface area (Å²) in [6.45, 7) is -0.643. The largest absolute Gasteiger partial charge is 0.461 e. The minimum atomic E-state index is -1.65. The number of aliphatic hydroxyl groups excluding tert-OH is 4. The van der Waals surface area contributed by atoms with Crippen LogP contribution in [-0.4, -0.2) is 77.3 Å². The second kappa shape index (κ2) is 8.61. The molecule has 4 aliphatic heterocycles. The van der Waals surface area contributed by atoms with E-state index < -0.39 is 43.3 Å². The molecule has 0 spiro atoms. The average Bonchev–Trinajstić information content (AvgIpc) is 3.67. The molecule has 0 saturated carbocycles. The van der Waals surface area contributed by atoms with Crippen LogP contribution in [0.2, 0.25) is 0 Å². The van der Waals surface area contributed by atoms with Gasteiger partial charge in [-0.1, -0.05) is 6.07 Å². The van der Waals surface area contributed by atoms with Gasteiger partial charge in [0.15, 0.2) is 23.0 Å². The van der Waals surface area contributed by atoms with Crippen molar-refractivity contribution in [3.63, 3.8) is 0 Å². The molecule has 0 unspecified atom stereocenters. The Morgan fingerprint density at radius 1 is 0.789 bits per heavy atom. The molecule has 1 fully saturated rings. The number of carbonyl (C=O) groups is 1. The van der Waals surface area contributed by atoms with Crippen LogP contribution in [0.4, 0.5) is 0 Å². The first kappa shape index (κ1) is 23.3. The molecular formula is C26H22O12. The van der Waals surface area contributed by atoms with Crippen molar-refractivity contribution in [2.75, 3.05) is 20.2 Å². The van der Waals surface area contributed by atoms with Gasteiger partial charge in [-0.25, -0.2) is 4.79 Å². The fourth-order valence-corrected chi connectivity index (χ4v) is 5.24. The molecule has 3 aromatic carbocycles. The van der Waals surface area contributed by atoms with Gasteiger partial charge in [-0.15, -0.1) is 0 Å². The molecule has 0 amide bonds. The summed E-state index contributed by atoms with van der Waals surface area (Å²) in [4.78, 5) is 13.1. The Balaban J connectivity index is 1.45. The van der Waals surface area contributed by atoms with Crippen LogP contribution in [0.25, 0.3) is 21.9 Å². The van der Waals surface area contributed by atoms with E-state index in [0.29, 0.717) is 50.5 Å². The third-order valence-corrected chi connectivity index (χ3v) is 7.15. The van der Waals surface area contributed by atoms with Gasteiger partial charge in [-0.3, -0.25) is 0 Å². The lowest BCUT2D eigenvalue weighted by atomic mass is 9.89. The summed E-state index contributed by atoms with van der Waals surface area (Å²) in [6.07, 6.45) is -7.50.